The topological polar surface area (TPSA) is 60.7 Å². The molecule has 0 amide bonds. The lowest BCUT2D eigenvalue weighted by Gasteiger charge is -2.12. The average molecular weight is 491 g/mol. The van der Waals surface area contributed by atoms with Crippen LogP contribution < -0.4 is 5.56 Å². The fourth-order valence-electron chi connectivity index (χ4n) is 3.47. The Morgan fingerprint density at radius 1 is 1.06 bits per heavy atom. The molecule has 0 bridgehead atoms. The number of hydrogen-bond donors (Lipinski definition) is 0. The first kappa shape index (κ1) is 21.8. The second-order valence-corrected chi connectivity index (χ2v) is 9.89. The number of halogens is 1. The van der Waals surface area contributed by atoms with Crippen LogP contribution in [0.25, 0.3) is 16.7 Å². The Morgan fingerprint density at radius 2 is 1.88 bits per heavy atom. The Balaban J connectivity index is 1.44. The minimum Gasteiger partial charge on any atom is -0.268 e. The van der Waals surface area contributed by atoms with Crippen LogP contribution in [0.1, 0.15) is 21.8 Å². The zero-order valence-electron chi connectivity index (χ0n) is 17.7. The lowest BCUT2D eigenvalue weighted by atomic mass is 10.2. The van der Waals surface area contributed by atoms with Crippen molar-refractivity contribution >= 4 is 45.6 Å². The highest BCUT2D eigenvalue weighted by atomic mass is 35.5. The summed E-state index contributed by atoms with van der Waals surface area (Å²) in [5.41, 5.74) is 3.71. The number of aromatic nitrogens is 4. The Bertz CT molecular complexity index is 1490. The van der Waals surface area contributed by atoms with Crippen molar-refractivity contribution in [3.63, 3.8) is 0 Å². The van der Waals surface area contributed by atoms with Gasteiger partial charge in [0, 0.05) is 28.8 Å². The van der Waals surface area contributed by atoms with Crippen molar-refractivity contribution in [3.8, 4) is 5.82 Å². The summed E-state index contributed by atoms with van der Waals surface area (Å²) in [5.74, 6) is 1.18. The highest BCUT2D eigenvalue weighted by Crippen LogP contribution is 2.26. The Hall–Kier alpha value is -3.00. The lowest BCUT2D eigenvalue weighted by molar-refractivity contribution is 0.794. The summed E-state index contributed by atoms with van der Waals surface area (Å²) in [7, 11) is 0. The van der Waals surface area contributed by atoms with Crippen LogP contribution in [0.2, 0.25) is 5.02 Å². The number of aryl methyl sites for hydroxylation is 1. The molecule has 0 saturated carbocycles. The molecule has 8 heteroatoms. The maximum Gasteiger partial charge on any atom is 0.267 e. The van der Waals surface area contributed by atoms with Crippen LogP contribution in [-0.2, 0) is 12.2 Å². The molecule has 0 spiro atoms. The molecular formula is C25H19ClN4OS2. The van der Waals surface area contributed by atoms with Gasteiger partial charge in [0.25, 0.3) is 5.56 Å². The van der Waals surface area contributed by atoms with Gasteiger partial charge in [-0.1, -0.05) is 47.6 Å². The molecule has 0 fully saturated rings. The lowest BCUT2D eigenvalue weighted by Crippen LogP contribution is -2.22. The summed E-state index contributed by atoms with van der Waals surface area (Å²) in [6, 6.07) is 19.0. The van der Waals surface area contributed by atoms with E-state index in [1.165, 1.54) is 17.3 Å². The van der Waals surface area contributed by atoms with E-state index in [9.17, 15) is 4.79 Å². The minimum absolute atomic E-state index is 0.122. The van der Waals surface area contributed by atoms with E-state index in [0.29, 0.717) is 27.6 Å². The molecule has 0 N–H and O–H groups in total. The van der Waals surface area contributed by atoms with Crippen LogP contribution in [0.3, 0.4) is 0 Å². The van der Waals surface area contributed by atoms with Gasteiger partial charge in [-0.2, -0.15) is 0 Å². The highest BCUT2D eigenvalue weighted by molar-refractivity contribution is 7.98. The molecule has 0 aliphatic rings. The quantitative estimate of drug-likeness (QED) is 0.213. The number of para-hydroxylation sites is 1. The zero-order valence-corrected chi connectivity index (χ0v) is 20.1. The van der Waals surface area contributed by atoms with Gasteiger partial charge in [0.2, 0.25) is 0 Å². The van der Waals surface area contributed by atoms with E-state index in [4.69, 9.17) is 21.6 Å². The third kappa shape index (κ3) is 4.85. The summed E-state index contributed by atoms with van der Waals surface area (Å²) in [4.78, 5) is 27.4. The maximum atomic E-state index is 13.4. The molecule has 5 rings (SSSR count). The molecule has 0 saturated heterocycles. The maximum absolute atomic E-state index is 13.4. The molecule has 0 aliphatic carbocycles. The molecule has 5 aromatic rings. The Labute approximate surface area is 204 Å². The van der Waals surface area contributed by atoms with Crippen LogP contribution in [0.15, 0.2) is 82.2 Å². The van der Waals surface area contributed by atoms with Gasteiger partial charge in [-0.05, 0) is 54.4 Å². The predicted molar refractivity (Wildman–Crippen MR) is 136 cm³/mol. The van der Waals surface area contributed by atoms with Gasteiger partial charge in [0.15, 0.2) is 5.16 Å². The number of benzene rings is 2. The molecule has 0 radical (unpaired) electrons. The molecule has 0 unspecified atom stereocenters. The number of thiazole rings is 1. The molecule has 3 heterocycles. The standard InChI is InChI=1S/C25H19ClN4OS2/c1-16-10-11-27-22(12-16)30-24(31)20-4-2-3-5-21(20)29-25(30)33-15-19-14-32-23(28-19)13-17-6-8-18(26)9-7-17/h2-12,14H,13,15H2,1H3. The number of rotatable bonds is 6. The average Bonchev–Trinajstić information content (AvgIpc) is 3.26. The van der Waals surface area contributed by atoms with Crippen molar-refractivity contribution in [1.29, 1.82) is 0 Å². The van der Waals surface area contributed by atoms with Crippen molar-refractivity contribution in [2.45, 2.75) is 24.3 Å². The van der Waals surface area contributed by atoms with Gasteiger partial charge in [-0.3, -0.25) is 4.79 Å². The van der Waals surface area contributed by atoms with E-state index in [1.54, 1.807) is 28.2 Å². The third-order valence-electron chi connectivity index (χ3n) is 5.09. The molecule has 2 aromatic carbocycles. The number of fused-ring (bicyclic) bond motifs is 1. The SMILES string of the molecule is Cc1ccnc(-n2c(SCc3csc(Cc4ccc(Cl)cc4)n3)nc3ccccc3c2=O)c1. The predicted octanol–water partition coefficient (Wildman–Crippen LogP) is 6.08. The molecular weight excluding hydrogens is 472 g/mol. The summed E-state index contributed by atoms with van der Waals surface area (Å²) in [5, 5.41) is 5.00. The monoisotopic (exact) mass is 490 g/mol. The smallest absolute Gasteiger partial charge is 0.267 e. The summed E-state index contributed by atoms with van der Waals surface area (Å²) < 4.78 is 1.60. The van der Waals surface area contributed by atoms with E-state index in [0.717, 1.165) is 27.7 Å². The van der Waals surface area contributed by atoms with Crippen LogP contribution in [0, 0.1) is 6.92 Å². The van der Waals surface area contributed by atoms with Crippen LogP contribution in [0.5, 0.6) is 0 Å². The normalized spacial score (nSPS) is 11.2. The van der Waals surface area contributed by atoms with Gasteiger partial charge in [0.05, 0.1) is 21.6 Å². The molecule has 33 heavy (non-hydrogen) atoms. The molecule has 3 aromatic heterocycles. The summed E-state index contributed by atoms with van der Waals surface area (Å²) in [6.45, 7) is 1.98. The van der Waals surface area contributed by atoms with E-state index in [2.05, 4.69) is 10.4 Å². The summed E-state index contributed by atoms with van der Waals surface area (Å²) >= 11 is 9.10. The van der Waals surface area contributed by atoms with E-state index >= 15 is 0 Å². The van der Waals surface area contributed by atoms with E-state index < -0.39 is 0 Å². The van der Waals surface area contributed by atoms with E-state index in [-0.39, 0.29) is 5.56 Å². The zero-order chi connectivity index (χ0) is 22.8. The number of nitrogens with zero attached hydrogens (tertiary/aromatic N) is 4. The van der Waals surface area contributed by atoms with Crippen LogP contribution in [0.4, 0.5) is 0 Å². The van der Waals surface area contributed by atoms with E-state index in [1.807, 2.05) is 61.5 Å². The van der Waals surface area contributed by atoms with Crippen molar-refractivity contribution in [2.75, 3.05) is 0 Å². The van der Waals surface area contributed by atoms with Crippen LogP contribution in [-0.4, -0.2) is 19.5 Å². The van der Waals surface area contributed by atoms with Gasteiger partial charge >= 0.3 is 0 Å². The van der Waals surface area contributed by atoms with Crippen LogP contribution >= 0.6 is 34.7 Å². The van der Waals surface area contributed by atoms with Crippen molar-refractivity contribution < 1.29 is 0 Å². The van der Waals surface area contributed by atoms with Gasteiger partial charge in [0.1, 0.15) is 5.82 Å². The van der Waals surface area contributed by atoms with Crippen molar-refractivity contribution in [1.82, 2.24) is 19.5 Å². The third-order valence-corrected chi connectivity index (χ3v) is 7.21. The first-order chi connectivity index (χ1) is 16.1. The van der Waals surface area contributed by atoms with Gasteiger partial charge < -0.3 is 0 Å². The number of hydrogen-bond acceptors (Lipinski definition) is 6. The van der Waals surface area contributed by atoms with Gasteiger partial charge in [-0.25, -0.2) is 19.5 Å². The second-order valence-electron chi connectivity index (χ2n) is 7.57. The molecule has 0 aliphatic heterocycles. The first-order valence-electron chi connectivity index (χ1n) is 10.3. The largest absolute Gasteiger partial charge is 0.268 e. The molecule has 5 nitrogen and oxygen atoms in total. The first-order valence-corrected chi connectivity index (χ1v) is 12.6. The Kier molecular flexibility index (Phi) is 6.26. The number of pyridine rings is 1. The summed E-state index contributed by atoms with van der Waals surface area (Å²) in [6.07, 6.45) is 2.48. The Morgan fingerprint density at radius 3 is 2.70 bits per heavy atom. The van der Waals surface area contributed by atoms with Gasteiger partial charge in [-0.15, -0.1) is 11.3 Å². The van der Waals surface area contributed by atoms with Crippen molar-refractivity contribution in [2.24, 2.45) is 0 Å². The number of thioether (sulfide) groups is 1. The van der Waals surface area contributed by atoms with Crippen molar-refractivity contribution in [3.05, 3.63) is 109 Å². The minimum atomic E-state index is -0.122. The highest BCUT2D eigenvalue weighted by Gasteiger charge is 2.15. The fraction of sp³-hybridized carbons (Fsp3) is 0.120. The molecule has 164 valence electrons. The second kappa shape index (κ2) is 9.47. The fourth-order valence-corrected chi connectivity index (χ4v) is 5.42. The molecule has 0 atom stereocenters.